The van der Waals surface area contributed by atoms with E-state index in [1.165, 1.54) is 0 Å². The maximum Gasteiger partial charge on any atom is 0.0728 e. The number of nitrogens with two attached hydrogens (primary N) is 1. The van der Waals surface area contributed by atoms with E-state index in [2.05, 4.69) is 25.7 Å². The van der Waals surface area contributed by atoms with Gasteiger partial charge in [-0.25, -0.2) is 0 Å². The summed E-state index contributed by atoms with van der Waals surface area (Å²) in [5.74, 6) is 0.614. The first-order valence-corrected chi connectivity index (χ1v) is 6.16. The zero-order valence-corrected chi connectivity index (χ0v) is 10.2. The van der Waals surface area contributed by atoms with E-state index in [0.717, 1.165) is 32.5 Å². The summed E-state index contributed by atoms with van der Waals surface area (Å²) in [7, 11) is 0. The van der Waals surface area contributed by atoms with Gasteiger partial charge in [-0.15, -0.1) is 0 Å². The molecule has 2 fully saturated rings. The van der Waals surface area contributed by atoms with Crippen molar-refractivity contribution in [3.8, 4) is 0 Å². The van der Waals surface area contributed by atoms with Crippen LogP contribution in [-0.4, -0.2) is 42.3 Å². The van der Waals surface area contributed by atoms with Gasteiger partial charge in [-0.2, -0.15) is 0 Å². The third kappa shape index (κ3) is 1.93. The number of likely N-dealkylation sites (tertiary alicyclic amines) is 1. The second-order valence-electron chi connectivity index (χ2n) is 5.50. The van der Waals surface area contributed by atoms with Crippen LogP contribution in [0.2, 0.25) is 0 Å². The quantitative estimate of drug-likeness (QED) is 0.710. The average Bonchev–Trinajstić information content (AvgIpc) is 2.53. The molecule has 0 amide bonds. The van der Waals surface area contributed by atoms with Crippen LogP contribution in [0.5, 0.6) is 0 Å². The standard InChI is InChI=1S/C12H24N2O/c1-9-8-14(6-4-11(9)13)12(3)5-7-15-10(12)2/h9-11H,4-8,13H2,1-3H3. The van der Waals surface area contributed by atoms with Crippen molar-refractivity contribution < 1.29 is 4.74 Å². The van der Waals surface area contributed by atoms with Gasteiger partial charge in [0.1, 0.15) is 0 Å². The van der Waals surface area contributed by atoms with Gasteiger partial charge < -0.3 is 10.5 Å². The summed E-state index contributed by atoms with van der Waals surface area (Å²) in [6.07, 6.45) is 2.65. The van der Waals surface area contributed by atoms with Crippen molar-refractivity contribution in [3.05, 3.63) is 0 Å². The van der Waals surface area contributed by atoms with Crippen LogP contribution in [0.15, 0.2) is 0 Å². The van der Waals surface area contributed by atoms with Gasteiger partial charge in [-0.3, -0.25) is 4.90 Å². The number of rotatable bonds is 1. The SMILES string of the molecule is CC1CN(C2(C)CCOC2C)CCC1N. The number of piperidine rings is 1. The molecule has 0 aliphatic carbocycles. The van der Waals surface area contributed by atoms with E-state index in [0.29, 0.717) is 18.1 Å². The van der Waals surface area contributed by atoms with Gasteiger partial charge in [-0.1, -0.05) is 6.92 Å². The molecule has 0 radical (unpaired) electrons. The highest BCUT2D eigenvalue weighted by Crippen LogP contribution is 2.34. The monoisotopic (exact) mass is 212 g/mol. The Bertz CT molecular complexity index is 234. The number of nitrogens with zero attached hydrogens (tertiary/aromatic N) is 1. The van der Waals surface area contributed by atoms with Crippen molar-refractivity contribution in [2.45, 2.75) is 51.3 Å². The lowest BCUT2D eigenvalue weighted by Crippen LogP contribution is -2.57. The van der Waals surface area contributed by atoms with E-state index in [9.17, 15) is 0 Å². The minimum atomic E-state index is 0.244. The summed E-state index contributed by atoms with van der Waals surface area (Å²) in [5.41, 5.74) is 6.30. The Morgan fingerprint density at radius 3 is 2.67 bits per heavy atom. The van der Waals surface area contributed by atoms with E-state index in [-0.39, 0.29) is 5.54 Å². The molecule has 0 bridgehead atoms. The summed E-state index contributed by atoms with van der Waals surface area (Å²) in [5, 5.41) is 0. The minimum Gasteiger partial charge on any atom is -0.377 e. The average molecular weight is 212 g/mol. The first kappa shape index (κ1) is 11.4. The molecule has 0 saturated carbocycles. The van der Waals surface area contributed by atoms with Crippen LogP contribution in [0, 0.1) is 5.92 Å². The molecule has 3 nitrogen and oxygen atoms in total. The number of hydrogen-bond donors (Lipinski definition) is 1. The lowest BCUT2D eigenvalue weighted by atomic mass is 9.86. The molecule has 2 aliphatic rings. The van der Waals surface area contributed by atoms with Gasteiger partial charge >= 0.3 is 0 Å². The fraction of sp³-hybridized carbons (Fsp3) is 1.00. The molecule has 2 aliphatic heterocycles. The van der Waals surface area contributed by atoms with Gasteiger partial charge in [0.15, 0.2) is 0 Å². The van der Waals surface area contributed by atoms with E-state index >= 15 is 0 Å². The lowest BCUT2D eigenvalue weighted by Gasteiger charge is -2.46. The van der Waals surface area contributed by atoms with Crippen molar-refractivity contribution in [1.29, 1.82) is 0 Å². The second-order valence-corrected chi connectivity index (χ2v) is 5.50. The van der Waals surface area contributed by atoms with E-state index < -0.39 is 0 Å². The topological polar surface area (TPSA) is 38.5 Å². The number of hydrogen-bond acceptors (Lipinski definition) is 3. The van der Waals surface area contributed by atoms with Crippen molar-refractivity contribution in [2.24, 2.45) is 11.7 Å². The largest absolute Gasteiger partial charge is 0.377 e. The van der Waals surface area contributed by atoms with Gasteiger partial charge in [0, 0.05) is 31.3 Å². The molecule has 2 saturated heterocycles. The Morgan fingerprint density at radius 2 is 2.13 bits per heavy atom. The lowest BCUT2D eigenvalue weighted by molar-refractivity contribution is -0.00422. The molecule has 0 aromatic heterocycles. The molecule has 3 heteroatoms. The highest BCUT2D eigenvalue weighted by atomic mass is 16.5. The molecule has 15 heavy (non-hydrogen) atoms. The fourth-order valence-electron chi connectivity index (χ4n) is 2.87. The van der Waals surface area contributed by atoms with Crippen molar-refractivity contribution in [1.82, 2.24) is 4.90 Å². The molecule has 2 heterocycles. The van der Waals surface area contributed by atoms with E-state index in [1.54, 1.807) is 0 Å². The van der Waals surface area contributed by atoms with Gasteiger partial charge in [0.05, 0.1) is 6.10 Å². The predicted octanol–water partition coefficient (Wildman–Crippen LogP) is 1.22. The summed E-state index contributed by atoms with van der Waals surface area (Å²) in [6.45, 7) is 9.98. The van der Waals surface area contributed by atoms with Crippen molar-refractivity contribution in [3.63, 3.8) is 0 Å². The van der Waals surface area contributed by atoms with Crippen molar-refractivity contribution >= 4 is 0 Å². The second kappa shape index (κ2) is 4.04. The van der Waals surface area contributed by atoms with E-state index in [4.69, 9.17) is 10.5 Å². The van der Waals surface area contributed by atoms with Crippen LogP contribution < -0.4 is 5.73 Å². The molecular weight excluding hydrogens is 188 g/mol. The molecule has 0 aromatic carbocycles. The molecule has 4 atom stereocenters. The fourth-order valence-corrected chi connectivity index (χ4v) is 2.87. The van der Waals surface area contributed by atoms with Crippen LogP contribution in [0.3, 0.4) is 0 Å². The van der Waals surface area contributed by atoms with Crippen LogP contribution in [0.25, 0.3) is 0 Å². The summed E-state index contributed by atoms with van der Waals surface area (Å²) in [6, 6.07) is 0.391. The van der Waals surface area contributed by atoms with Crippen LogP contribution in [0.1, 0.15) is 33.6 Å². The molecule has 88 valence electrons. The third-order valence-electron chi connectivity index (χ3n) is 4.55. The molecule has 2 N–H and O–H groups in total. The Hall–Kier alpha value is -0.120. The summed E-state index contributed by atoms with van der Waals surface area (Å²) < 4.78 is 5.71. The van der Waals surface area contributed by atoms with Crippen LogP contribution >= 0.6 is 0 Å². The van der Waals surface area contributed by atoms with Crippen LogP contribution in [0.4, 0.5) is 0 Å². The number of ether oxygens (including phenoxy) is 1. The zero-order valence-electron chi connectivity index (χ0n) is 10.2. The molecule has 4 unspecified atom stereocenters. The smallest absolute Gasteiger partial charge is 0.0728 e. The maximum atomic E-state index is 6.06. The molecule has 0 aromatic rings. The minimum absolute atomic E-state index is 0.244. The third-order valence-corrected chi connectivity index (χ3v) is 4.55. The molecule has 2 rings (SSSR count). The predicted molar refractivity (Wildman–Crippen MR) is 61.8 cm³/mol. The summed E-state index contributed by atoms with van der Waals surface area (Å²) in [4.78, 5) is 2.60. The van der Waals surface area contributed by atoms with Crippen molar-refractivity contribution in [2.75, 3.05) is 19.7 Å². The normalized spacial score (nSPS) is 48.4. The summed E-state index contributed by atoms with van der Waals surface area (Å²) >= 11 is 0. The first-order valence-electron chi connectivity index (χ1n) is 6.16. The van der Waals surface area contributed by atoms with Gasteiger partial charge in [0.25, 0.3) is 0 Å². The Kier molecular flexibility index (Phi) is 3.06. The molecule has 0 spiro atoms. The highest BCUT2D eigenvalue weighted by molar-refractivity contribution is 4.98. The van der Waals surface area contributed by atoms with Crippen LogP contribution in [-0.2, 0) is 4.74 Å². The van der Waals surface area contributed by atoms with Gasteiger partial charge in [-0.05, 0) is 32.6 Å². The Balaban J connectivity index is 2.04. The highest BCUT2D eigenvalue weighted by Gasteiger charge is 2.43. The zero-order chi connectivity index (χ0) is 11.1. The maximum absolute atomic E-state index is 6.06. The van der Waals surface area contributed by atoms with E-state index in [1.807, 2.05) is 0 Å². The first-order chi connectivity index (χ1) is 7.04. The van der Waals surface area contributed by atoms with Gasteiger partial charge in [0.2, 0.25) is 0 Å². The molecular formula is C12H24N2O. The Morgan fingerprint density at radius 1 is 1.40 bits per heavy atom. The Labute approximate surface area is 93.0 Å².